The number of carbonyl (C=O) groups is 1. The Balaban J connectivity index is 1.47. The Kier molecular flexibility index (Phi) is 5.26. The van der Waals surface area contributed by atoms with E-state index in [0.29, 0.717) is 24.5 Å². The van der Waals surface area contributed by atoms with Crippen molar-refractivity contribution in [2.75, 3.05) is 20.3 Å². The molecule has 0 bridgehead atoms. The second-order valence-electron chi connectivity index (χ2n) is 5.19. The molecule has 0 aliphatic heterocycles. The normalized spacial score (nSPS) is 10.3. The number of aromatic amines is 1. The molecule has 7 heteroatoms. The molecule has 128 valence electrons. The average molecular weight is 338 g/mol. The molecule has 0 aliphatic carbocycles. The van der Waals surface area contributed by atoms with Crippen molar-refractivity contribution in [3.05, 3.63) is 60.6 Å². The third-order valence-electron chi connectivity index (χ3n) is 3.50. The van der Waals surface area contributed by atoms with Gasteiger partial charge in [-0.1, -0.05) is 0 Å². The smallest absolute Gasteiger partial charge is 0.269 e. The van der Waals surface area contributed by atoms with Gasteiger partial charge in [-0.2, -0.15) is 5.10 Å². The van der Waals surface area contributed by atoms with Crippen LogP contribution in [0, 0.1) is 0 Å². The molecule has 2 heterocycles. The largest absolute Gasteiger partial charge is 0.497 e. The number of benzene rings is 1. The number of hydrogen-bond acceptors (Lipinski definition) is 5. The molecule has 0 atom stereocenters. The minimum atomic E-state index is -0.235. The molecule has 0 fully saturated rings. The predicted octanol–water partition coefficient (Wildman–Crippen LogP) is 2.29. The maximum Gasteiger partial charge on any atom is 0.269 e. The number of amides is 1. The lowest BCUT2D eigenvalue weighted by Gasteiger charge is -2.07. The first kappa shape index (κ1) is 16.5. The van der Waals surface area contributed by atoms with Crippen LogP contribution in [0.5, 0.6) is 11.5 Å². The summed E-state index contributed by atoms with van der Waals surface area (Å²) >= 11 is 0. The van der Waals surface area contributed by atoms with E-state index in [1.807, 2.05) is 36.4 Å². The van der Waals surface area contributed by atoms with E-state index in [-0.39, 0.29) is 5.91 Å². The fraction of sp³-hybridized carbons (Fsp3) is 0.167. The van der Waals surface area contributed by atoms with Gasteiger partial charge in [0.1, 0.15) is 23.8 Å². The standard InChI is InChI=1S/C18H18N4O3/c1-24-14-4-6-15(7-5-14)25-10-9-20-18(23)17-11-16(21-22-17)13-3-2-8-19-12-13/h2-8,11-12H,9-10H2,1H3,(H,20,23)(H,21,22). The number of methoxy groups -OCH3 is 1. The van der Waals surface area contributed by atoms with Gasteiger partial charge in [0.2, 0.25) is 0 Å². The van der Waals surface area contributed by atoms with Gasteiger partial charge in [0.15, 0.2) is 0 Å². The van der Waals surface area contributed by atoms with Crippen molar-refractivity contribution in [2.24, 2.45) is 0 Å². The van der Waals surface area contributed by atoms with Crippen molar-refractivity contribution in [2.45, 2.75) is 0 Å². The number of rotatable bonds is 7. The molecule has 25 heavy (non-hydrogen) atoms. The number of H-pyrrole nitrogens is 1. The van der Waals surface area contributed by atoms with Gasteiger partial charge < -0.3 is 14.8 Å². The highest BCUT2D eigenvalue weighted by molar-refractivity contribution is 5.93. The SMILES string of the molecule is COc1ccc(OCCNC(=O)c2cc(-c3cccnc3)n[nH]2)cc1. The number of hydrogen-bond donors (Lipinski definition) is 2. The summed E-state index contributed by atoms with van der Waals surface area (Å²) in [6.07, 6.45) is 3.38. The van der Waals surface area contributed by atoms with Crippen LogP contribution in [-0.2, 0) is 0 Å². The highest BCUT2D eigenvalue weighted by Crippen LogP contribution is 2.17. The van der Waals surface area contributed by atoms with Gasteiger partial charge in [-0.3, -0.25) is 14.9 Å². The second kappa shape index (κ2) is 7.96. The average Bonchev–Trinajstić information content (AvgIpc) is 3.16. The van der Waals surface area contributed by atoms with E-state index in [4.69, 9.17) is 9.47 Å². The summed E-state index contributed by atoms with van der Waals surface area (Å²) in [6, 6.07) is 12.7. The summed E-state index contributed by atoms with van der Waals surface area (Å²) in [5, 5.41) is 9.64. The molecule has 0 aliphatic rings. The van der Waals surface area contributed by atoms with Gasteiger partial charge in [-0.15, -0.1) is 0 Å². The molecule has 1 aromatic carbocycles. The molecule has 3 aromatic rings. The summed E-state index contributed by atoms with van der Waals surface area (Å²) in [4.78, 5) is 16.2. The van der Waals surface area contributed by atoms with Crippen LogP contribution in [0.25, 0.3) is 11.3 Å². The summed E-state index contributed by atoms with van der Waals surface area (Å²) < 4.78 is 10.6. The van der Waals surface area contributed by atoms with Crippen LogP contribution >= 0.6 is 0 Å². The minimum Gasteiger partial charge on any atom is -0.497 e. The summed E-state index contributed by atoms with van der Waals surface area (Å²) in [7, 11) is 1.61. The van der Waals surface area contributed by atoms with Crippen molar-refractivity contribution >= 4 is 5.91 Å². The third-order valence-corrected chi connectivity index (χ3v) is 3.50. The zero-order chi connectivity index (χ0) is 17.5. The molecular formula is C18H18N4O3. The lowest BCUT2D eigenvalue weighted by molar-refractivity contribution is 0.0942. The number of nitrogens with zero attached hydrogens (tertiary/aromatic N) is 2. The van der Waals surface area contributed by atoms with E-state index in [1.165, 1.54) is 0 Å². The minimum absolute atomic E-state index is 0.235. The van der Waals surface area contributed by atoms with Gasteiger partial charge >= 0.3 is 0 Å². The van der Waals surface area contributed by atoms with E-state index in [0.717, 1.165) is 17.1 Å². The Morgan fingerprint density at radius 2 is 2.00 bits per heavy atom. The fourth-order valence-corrected chi connectivity index (χ4v) is 2.20. The van der Waals surface area contributed by atoms with Gasteiger partial charge in [0, 0.05) is 18.0 Å². The van der Waals surface area contributed by atoms with Gasteiger partial charge in [0.05, 0.1) is 19.3 Å². The number of nitrogens with one attached hydrogen (secondary N) is 2. The van der Waals surface area contributed by atoms with Crippen LogP contribution < -0.4 is 14.8 Å². The lowest BCUT2D eigenvalue weighted by Crippen LogP contribution is -2.28. The first-order valence-corrected chi connectivity index (χ1v) is 7.77. The van der Waals surface area contributed by atoms with E-state index in [9.17, 15) is 4.79 Å². The Morgan fingerprint density at radius 3 is 2.72 bits per heavy atom. The van der Waals surface area contributed by atoms with Crippen LogP contribution in [-0.4, -0.2) is 41.3 Å². The van der Waals surface area contributed by atoms with Gasteiger partial charge in [0.25, 0.3) is 5.91 Å². The van der Waals surface area contributed by atoms with Gasteiger partial charge in [-0.05, 0) is 42.5 Å². The zero-order valence-electron chi connectivity index (χ0n) is 13.7. The van der Waals surface area contributed by atoms with Crippen molar-refractivity contribution in [3.63, 3.8) is 0 Å². The Bertz CT molecular complexity index is 816. The Hall–Kier alpha value is -3.35. The van der Waals surface area contributed by atoms with Crippen molar-refractivity contribution in [1.82, 2.24) is 20.5 Å². The van der Waals surface area contributed by atoms with Crippen LogP contribution in [0.4, 0.5) is 0 Å². The predicted molar refractivity (Wildman–Crippen MR) is 92.6 cm³/mol. The molecule has 3 rings (SSSR count). The molecule has 0 saturated carbocycles. The second-order valence-corrected chi connectivity index (χ2v) is 5.19. The molecule has 1 amide bonds. The van der Waals surface area contributed by atoms with Crippen LogP contribution in [0.3, 0.4) is 0 Å². The first-order chi connectivity index (χ1) is 12.3. The topological polar surface area (TPSA) is 89.1 Å². The molecule has 2 aromatic heterocycles. The first-order valence-electron chi connectivity index (χ1n) is 7.77. The van der Waals surface area contributed by atoms with E-state index in [2.05, 4.69) is 20.5 Å². The maximum atomic E-state index is 12.1. The van der Waals surface area contributed by atoms with Gasteiger partial charge in [-0.25, -0.2) is 0 Å². The molecule has 2 N–H and O–H groups in total. The molecule has 0 saturated heterocycles. The summed E-state index contributed by atoms with van der Waals surface area (Å²) in [6.45, 7) is 0.744. The van der Waals surface area contributed by atoms with E-state index in [1.54, 1.807) is 25.6 Å². The molecular weight excluding hydrogens is 320 g/mol. The number of ether oxygens (including phenoxy) is 2. The van der Waals surface area contributed by atoms with E-state index < -0.39 is 0 Å². The third kappa shape index (κ3) is 4.35. The van der Waals surface area contributed by atoms with Crippen LogP contribution in [0.1, 0.15) is 10.5 Å². The van der Waals surface area contributed by atoms with Crippen LogP contribution in [0.2, 0.25) is 0 Å². The highest BCUT2D eigenvalue weighted by Gasteiger charge is 2.10. The lowest BCUT2D eigenvalue weighted by atomic mass is 10.2. The quantitative estimate of drug-likeness (QED) is 0.645. The molecule has 0 radical (unpaired) electrons. The fourth-order valence-electron chi connectivity index (χ4n) is 2.20. The Morgan fingerprint density at radius 1 is 1.20 bits per heavy atom. The number of pyridine rings is 1. The van der Waals surface area contributed by atoms with Crippen molar-refractivity contribution < 1.29 is 14.3 Å². The number of aromatic nitrogens is 3. The summed E-state index contributed by atoms with van der Waals surface area (Å²) in [5.74, 6) is 1.25. The van der Waals surface area contributed by atoms with E-state index >= 15 is 0 Å². The van der Waals surface area contributed by atoms with Crippen molar-refractivity contribution in [3.8, 4) is 22.8 Å². The maximum absolute atomic E-state index is 12.1. The summed E-state index contributed by atoms with van der Waals surface area (Å²) in [5.41, 5.74) is 1.91. The molecule has 0 unspecified atom stereocenters. The van der Waals surface area contributed by atoms with Crippen molar-refractivity contribution in [1.29, 1.82) is 0 Å². The Labute approximate surface area is 145 Å². The molecule has 7 nitrogen and oxygen atoms in total. The molecule has 0 spiro atoms. The van der Waals surface area contributed by atoms with Crippen LogP contribution in [0.15, 0.2) is 54.9 Å². The monoisotopic (exact) mass is 338 g/mol. The number of carbonyl (C=O) groups excluding carboxylic acids is 1. The zero-order valence-corrected chi connectivity index (χ0v) is 13.7. The highest BCUT2D eigenvalue weighted by atomic mass is 16.5.